The fraction of sp³-hybridized carbons (Fsp3) is 0.353. The second kappa shape index (κ2) is 8.84. The van der Waals surface area contributed by atoms with Crippen LogP contribution in [0.4, 0.5) is 16.3 Å². The van der Waals surface area contributed by atoms with Gasteiger partial charge >= 0.3 is 6.03 Å². The zero-order chi connectivity index (χ0) is 18.2. The number of benzene rings is 1. The first-order valence-electron chi connectivity index (χ1n) is 7.95. The molecule has 1 atom stereocenters. The van der Waals surface area contributed by atoms with Gasteiger partial charge in [-0.05, 0) is 24.6 Å². The van der Waals surface area contributed by atoms with Crippen LogP contribution in [0.25, 0.3) is 0 Å². The van der Waals surface area contributed by atoms with E-state index in [1.165, 1.54) is 6.92 Å². The minimum absolute atomic E-state index is 0.139. The van der Waals surface area contributed by atoms with E-state index in [0.29, 0.717) is 24.7 Å². The molecule has 0 bridgehead atoms. The van der Waals surface area contributed by atoms with Crippen molar-refractivity contribution in [3.05, 3.63) is 42.1 Å². The summed E-state index contributed by atoms with van der Waals surface area (Å²) >= 11 is 0. The van der Waals surface area contributed by atoms with Gasteiger partial charge in [-0.15, -0.1) is 0 Å². The smallest absolute Gasteiger partial charge is 0.320 e. The van der Waals surface area contributed by atoms with E-state index >= 15 is 0 Å². The Hall–Kier alpha value is -2.87. The molecular formula is C17H23N5O3. The molecule has 3 amide bonds. The lowest BCUT2D eigenvalue weighted by Gasteiger charge is -2.15. The third-order valence-electron chi connectivity index (χ3n) is 3.46. The third kappa shape index (κ3) is 5.92. The van der Waals surface area contributed by atoms with Gasteiger partial charge in [-0.1, -0.05) is 12.1 Å². The molecular weight excluding hydrogens is 322 g/mol. The number of hydrogen-bond acceptors (Lipinski definition) is 4. The van der Waals surface area contributed by atoms with Crippen LogP contribution in [0.5, 0.6) is 0 Å². The minimum Gasteiger partial charge on any atom is -0.383 e. The maximum atomic E-state index is 12.1. The molecule has 2 aromatic rings. The molecule has 2 rings (SSSR count). The molecule has 1 aromatic heterocycles. The van der Waals surface area contributed by atoms with E-state index in [2.05, 4.69) is 21.0 Å². The van der Waals surface area contributed by atoms with Crippen LogP contribution in [-0.2, 0) is 16.1 Å². The highest BCUT2D eigenvalue weighted by molar-refractivity contribution is 5.89. The number of rotatable bonds is 7. The molecule has 0 aliphatic carbocycles. The van der Waals surface area contributed by atoms with Crippen molar-refractivity contribution in [3.8, 4) is 0 Å². The lowest BCUT2D eigenvalue weighted by atomic mass is 10.1. The third-order valence-corrected chi connectivity index (χ3v) is 3.46. The average molecular weight is 345 g/mol. The molecule has 0 aliphatic rings. The Bertz CT molecular complexity index is 729. The van der Waals surface area contributed by atoms with Crippen molar-refractivity contribution in [3.63, 3.8) is 0 Å². The van der Waals surface area contributed by atoms with Gasteiger partial charge in [-0.25, -0.2) is 4.79 Å². The van der Waals surface area contributed by atoms with Gasteiger partial charge in [-0.2, -0.15) is 5.10 Å². The topological polar surface area (TPSA) is 97.3 Å². The molecule has 0 unspecified atom stereocenters. The molecule has 0 saturated heterocycles. The number of urea groups is 1. The summed E-state index contributed by atoms with van der Waals surface area (Å²) in [4.78, 5) is 23.3. The summed E-state index contributed by atoms with van der Waals surface area (Å²) in [6.45, 7) is 4.48. The minimum atomic E-state index is -0.352. The van der Waals surface area contributed by atoms with Gasteiger partial charge in [0, 0.05) is 32.0 Å². The standard InChI is InChI=1S/C17H23N5O3/c1-12(14-5-4-6-15(11-14)19-13(2)23)18-17(24)20-16-7-8-22(21-16)9-10-25-3/h4-8,11-12H,9-10H2,1-3H3,(H,19,23)(H2,18,20,21,24)/t12-/m1/s1. The number of carbonyl (C=O) groups excluding carboxylic acids is 2. The summed E-state index contributed by atoms with van der Waals surface area (Å²) in [5.41, 5.74) is 1.57. The Morgan fingerprint density at radius 1 is 1.28 bits per heavy atom. The molecule has 1 aromatic carbocycles. The number of methoxy groups -OCH3 is 1. The quantitative estimate of drug-likeness (QED) is 0.717. The van der Waals surface area contributed by atoms with Crippen molar-refractivity contribution >= 4 is 23.4 Å². The maximum absolute atomic E-state index is 12.1. The van der Waals surface area contributed by atoms with E-state index < -0.39 is 0 Å². The fourth-order valence-electron chi connectivity index (χ4n) is 2.26. The highest BCUT2D eigenvalue weighted by Gasteiger charge is 2.11. The van der Waals surface area contributed by atoms with Gasteiger partial charge in [0.15, 0.2) is 5.82 Å². The van der Waals surface area contributed by atoms with Gasteiger partial charge in [0.25, 0.3) is 0 Å². The van der Waals surface area contributed by atoms with Crippen LogP contribution in [-0.4, -0.2) is 35.4 Å². The lowest BCUT2D eigenvalue weighted by Crippen LogP contribution is -2.31. The van der Waals surface area contributed by atoms with Crippen LogP contribution in [0.2, 0.25) is 0 Å². The predicted molar refractivity (Wildman–Crippen MR) is 95.4 cm³/mol. The van der Waals surface area contributed by atoms with Crippen molar-refractivity contribution in [1.82, 2.24) is 15.1 Å². The van der Waals surface area contributed by atoms with Crippen LogP contribution >= 0.6 is 0 Å². The Kier molecular flexibility index (Phi) is 6.53. The van der Waals surface area contributed by atoms with Crippen molar-refractivity contribution < 1.29 is 14.3 Å². The number of aromatic nitrogens is 2. The highest BCUT2D eigenvalue weighted by atomic mass is 16.5. The summed E-state index contributed by atoms with van der Waals surface area (Å²) < 4.78 is 6.68. The van der Waals surface area contributed by atoms with Crippen molar-refractivity contribution in [2.75, 3.05) is 24.4 Å². The molecule has 8 nitrogen and oxygen atoms in total. The summed E-state index contributed by atoms with van der Waals surface area (Å²) in [6, 6.07) is 8.47. The first kappa shape index (κ1) is 18.5. The molecule has 0 radical (unpaired) electrons. The van der Waals surface area contributed by atoms with Crippen LogP contribution in [0.15, 0.2) is 36.5 Å². The first-order chi connectivity index (χ1) is 12.0. The Labute approximate surface area is 146 Å². The summed E-state index contributed by atoms with van der Waals surface area (Å²) in [6.07, 6.45) is 1.77. The highest BCUT2D eigenvalue weighted by Crippen LogP contribution is 2.17. The monoisotopic (exact) mass is 345 g/mol. The number of ether oxygens (including phenoxy) is 1. The maximum Gasteiger partial charge on any atom is 0.320 e. The molecule has 1 heterocycles. The van der Waals surface area contributed by atoms with Crippen LogP contribution in [0, 0.1) is 0 Å². The van der Waals surface area contributed by atoms with Crippen LogP contribution in [0.1, 0.15) is 25.5 Å². The molecule has 0 fully saturated rings. The normalized spacial score (nSPS) is 11.6. The molecule has 0 spiro atoms. The number of carbonyl (C=O) groups is 2. The number of amides is 3. The fourth-order valence-corrected chi connectivity index (χ4v) is 2.26. The van der Waals surface area contributed by atoms with E-state index in [0.717, 1.165) is 5.56 Å². The van der Waals surface area contributed by atoms with Gasteiger partial charge in [0.05, 0.1) is 19.2 Å². The second-order valence-corrected chi connectivity index (χ2v) is 5.58. The Morgan fingerprint density at radius 2 is 2.08 bits per heavy atom. The van der Waals surface area contributed by atoms with Gasteiger partial charge in [0.2, 0.25) is 5.91 Å². The zero-order valence-electron chi connectivity index (χ0n) is 14.6. The van der Waals surface area contributed by atoms with Crippen molar-refractivity contribution in [1.29, 1.82) is 0 Å². The first-order valence-corrected chi connectivity index (χ1v) is 7.95. The van der Waals surface area contributed by atoms with Crippen LogP contribution in [0.3, 0.4) is 0 Å². The zero-order valence-corrected chi connectivity index (χ0v) is 14.6. The largest absolute Gasteiger partial charge is 0.383 e. The number of nitrogens with one attached hydrogen (secondary N) is 3. The summed E-state index contributed by atoms with van der Waals surface area (Å²) in [5, 5.41) is 12.5. The van der Waals surface area contributed by atoms with Gasteiger partial charge in [-0.3, -0.25) is 14.8 Å². The second-order valence-electron chi connectivity index (χ2n) is 5.58. The van der Waals surface area contributed by atoms with Crippen molar-refractivity contribution in [2.45, 2.75) is 26.4 Å². The van der Waals surface area contributed by atoms with E-state index in [4.69, 9.17) is 4.74 Å². The van der Waals surface area contributed by atoms with Crippen LogP contribution < -0.4 is 16.0 Å². The predicted octanol–water partition coefficient (Wildman–Crippen LogP) is 2.37. The van der Waals surface area contributed by atoms with Crippen molar-refractivity contribution in [2.24, 2.45) is 0 Å². The SMILES string of the molecule is COCCn1ccc(NC(=O)N[C@H](C)c2cccc(NC(C)=O)c2)n1. The number of nitrogens with zero attached hydrogens (tertiary/aromatic N) is 2. The van der Waals surface area contributed by atoms with Gasteiger partial charge in [0.1, 0.15) is 0 Å². The average Bonchev–Trinajstić information content (AvgIpc) is 2.99. The Morgan fingerprint density at radius 3 is 2.80 bits per heavy atom. The summed E-state index contributed by atoms with van der Waals surface area (Å²) in [5.74, 6) is 0.326. The van der Waals surface area contributed by atoms with E-state index in [9.17, 15) is 9.59 Å². The molecule has 8 heteroatoms. The number of anilines is 2. The molecule has 0 aliphatic heterocycles. The van der Waals surface area contributed by atoms with E-state index in [1.807, 2.05) is 25.1 Å². The Balaban J connectivity index is 1.91. The van der Waals surface area contributed by atoms with E-state index in [1.54, 1.807) is 30.1 Å². The number of hydrogen-bond donors (Lipinski definition) is 3. The molecule has 3 N–H and O–H groups in total. The lowest BCUT2D eigenvalue weighted by molar-refractivity contribution is -0.114. The van der Waals surface area contributed by atoms with E-state index in [-0.39, 0.29) is 18.0 Å². The van der Waals surface area contributed by atoms with Gasteiger partial charge < -0.3 is 15.4 Å². The molecule has 0 saturated carbocycles. The molecule has 25 heavy (non-hydrogen) atoms. The molecule has 134 valence electrons. The summed E-state index contributed by atoms with van der Waals surface area (Å²) in [7, 11) is 1.62.